The van der Waals surface area contributed by atoms with Gasteiger partial charge in [0, 0.05) is 6.07 Å². The van der Waals surface area contributed by atoms with Crippen molar-refractivity contribution in [3.8, 4) is 0 Å². The highest BCUT2D eigenvalue weighted by atomic mass is 16.6. The zero-order valence-corrected chi connectivity index (χ0v) is 17.1. The molecule has 8 heteroatoms. The Kier molecular flexibility index (Phi) is 5.51. The first-order chi connectivity index (χ1) is 15.4. The van der Waals surface area contributed by atoms with Gasteiger partial charge in [-0.2, -0.15) is 0 Å². The minimum atomic E-state index is -0.751. The van der Waals surface area contributed by atoms with Gasteiger partial charge in [0.1, 0.15) is 6.61 Å². The molecule has 0 saturated carbocycles. The maximum atomic E-state index is 13.0. The van der Waals surface area contributed by atoms with E-state index in [-0.39, 0.29) is 34.5 Å². The first kappa shape index (κ1) is 20.9. The molecular weight excluding hydrogens is 412 g/mol. The van der Waals surface area contributed by atoms with Crippen molar-refractivity contribution >= 4 is 29.2 Å². The summed E-state index contributed by atoms with van der Waals surface area (Å²) in [4.78, 5) is 50.1. The van der Waals surface area contributed by atoms with E-state index in [4.69, 9.17) is 4.74 Å². The Balaban J connectivity index is 1.58. The van der Waals surface area contributed by atoms with Crippen LogP contribution in [-0.4, -0.2) is 22.7 Å². The van der Waals surface area contributed by atoms with Crippen LogP contribution in [0.15, 0.2) is 66.7 Å². The number of ether oxygens (including phenoxy) is 1. The number of imide groups is 1. The van der Waals surface area contributed by atoms with E-state index in [0.717, 1.165) is 10.5 Å². The fraction of sp³-hybridized carbons (Fsp3) is 0.125. The minimum Gasteiger partial charge on any atom is -0.457 e. The molecule has 0 atom stereocenters. The number of nitro benzene ring substituents is 1. The van der Waals surface area contributed by atoms with E-state index in [1.54, 1.807) is 18.2 Å². The summed E-state index contributed by atoms with van der Waals surface area (Å²) in [6.45, 7) is 1.64. The average molecular weight is 430 g/mol. The standard InChI is InChI=1S/C24H18N2O6/c1-2-15-7-3-5-9-20(15)25-22(27)18-12-11-16(13-19(18)23(25)28)24(29)32-14-17-8-4-6-10-21(17)26(30)31/h3-13H,2,14H2,1H3. The highest BCUT2D eigenvalue weighted by Crippen LogP contribution is 2.31. The molecule has 0 bridgehead atoms. The number of nitro groups is 1. The summed E-state index contributed by atoms with van der Waals surface area (Å²) in [6.07, 6.45) is 0.646. The quantitative estimate of drug-likeness (QED) is 0.250. The van der Waals surface area contributed by atoms with Crippen molar-refractivity contribution in [3.63, 3.8) is 0 Å². The normalized spacial score (nSPS) is 12.6. The van der Waals surface area contributed by atoms with Crippen molar-refractivity contribution in [1.29, 1.82) is 0 Å². The summed E-state index contributed by atoms with van der Waals surface area (Å²) in [5.41, 5.74) is 1.86. The van der Waals surface area contributed by atoms with Crippen LogP contribution in [0.3, 0.4) is 0 Å². The van der Waals surface area contributed by atoms with Gasteiger partial charge in [0.25, 0.3) is 17.5 Å². The third-order valence-electron chi connectivity index (χ3n) is 5.28. The Hall–Kier alpha value is -4.33. The van der Waals surface area contributed by atoms with Crippen LogP contribution in [0.25, 0.3) is 0 Å². The summed E-state index contributed by atoms with van der Waals surface area (Å²) in [7, 11) is 0. The zero-order chi connectivity index (χ0) is 22.8. The van der Waals surface area contributed by atoms with Crippen LogP contribution in [0, 0.1) is 10.1 Å². The molecule has 3 aromatic rings. The number of fused-ring (bicyclic) bond motifs is 1. The SMILES string of the molecule is CCc1ccccc1N1C(=O)c2ccc(C(=O)OCc3ccccc3[N+](=O)[O-])cc2C1=O. The molecule has 4 rings (SSSR count). The fourth-order valence-electron chi connectivity index (χ4n) is 3.65. The number of hydrogen-bond donors (Lipinski definition) is 0. The Morgan fingerprint density at radius 2 is 1.59 bits per heavy atom. The average Bonchev–Trinajstić information content (AvgIpc) is 3.06. The van der Waals surface area contributed by atoms with Crippen molar-refractivity contribution in [2.45, 2.75) is 20.0 Å². The van der Waals surface area contributed by atoms with Crippen molar-refractivity contribution in [2.75, 3.05) is 4.90 Å². The topological polar surface area (TPSA) is 107 Å². The van der Waals surface area contributed by atoms with Gasteiger partial charge in [-0.15, -0.1) is 0 Å². The molecule has 0 aliphatic carbocycles. The first-order valence-electron chi connectivity index (χ1n) is 9.92. The van der Waals surface area contributed by atoms with Gasteiger partial charge in [-0.1, -0.05) is 37.3 Å². The maximum absolute atomic E-state index is 13.0. The van der Waals surface area contributed by atoms with Crippen molar-refractivity contribution in [1.82, 2.24) is 0 Å². The number of nitrogens with zero attached hydrogens (tertiary/aromatic N) is 2. The molecular formula is C24H18N2O6. The lowest BCUT2D eigenvalue weighted by atomic mass is 10.1. The molecule has 0 fully saturated rings. The summed E-state index contributed by atoms with van der Waals surface area (Å²) in [5, 5.41) is 11.1. The highest BCUT2D eigenvalue weighted by molar-refractivity contribution is 6.35. The maximum Gasteiger partial charge on any atom is 0.338 e. The fourth-order valence-corrected chi connectivity index (χ4v) is 3.65. The second-order valence-corrected chi connectivity index (χ2v) is 7.15. The molecule has 160 valence electrons. The van der Waals surface area contributed by atoms with E-state index in [0.29, 0.717) is 12.1 Å². The number of carbonyl (C=O) groups is 3. The molecule has 0 spiro atoms. The summed E-state index contributed by atoms with van der Waals surface area (Å²) in [5.74, 6) is -1.72. The summed E-state index contributed by atoms with van der Waals surface area (Å²) >= 11 is 0. The van der Waals surface area contributed by atoms with E-state index in [1.807, 2.05) is 19.1 Å². The minimum absolute atomic E-state index is 0.0779. The van der Waals surface area contributed by atoms with Crippen molar-refractivity contribution in [3.05, 3.63) is 105 Å². The second-order valence-electron chi connectivity index (χ2n) is 7.15. The van der Waals surface area contributed by atoms with E-state index in [1.165, 1.54) is 36.4 Å². The van der Waals surface area contributed by atoms with Crippen LogP contribution in [0.1, 0.15) is 49.1 Å². The molecule has 1 aliphatic rings. The van der Waals surface area contributed by atoms with Crippen LogP contribution in [-0.2, 0) is 17.8 Å². The molecule has 1 heterocycles. The van der Waals surface area contributed by atoms with Gasteiger partial charge in [0.05, 0.1) is 32.9 Å². The van der Waals surface area contributed by atoms with Crippen molar-refractivity contribution < 1.29 is 24.0 Å². The molecule has 32 heavy (non-hydrogen) atoms. The molecule has 3 aromatic carbocycles. The van der Waals surface area contributed by atoms with Crippen LogP contribution < -0.4 is 4.90 Å². The summed E-state index contributed by atoms with van der Waals surface area (Å²) < 4.78 is 5.22. The Labute approximate surface area is 183 Å². The van der Waals surface area contributed by atoms with Gasteiger partial charge in [-0.25, -0.2) is 9.69 Å². The molecule has 0 saturated heterocycles. The van der Waals surface area contributed by atoms with Gasteiger partial charge in [0.2, 0.25) is 0 Å². The molecule has 2 amide bonds. The predicted octanol–water partition coefficient (Wildman–Crippen LogP) is 4.31. The number of carbonyl (C=O) groups excluding carboxylic acids is 3. The molecule has 0 unspecified atom stereocenters. The molecule has 0 radical (unpaired) electrons. The van der Waals surface area contributed by atoms with Gasteiger partial charge in [-0.05, 0) is 42.3 Å². The van der Waals surface area contributed by atoms with Gasteiger partial charge < -0.3 is 4.74 Å². The Morgan fingerprint density at radius 3 is 2.31 bits per heavy atom. The lowest BCUT2D eigenvalue weighted by Gasteiger charge is -2.17. The molecule has 0 N–H and O–H groups in total. The third-order valence-corrected chi connectivity index (χ3v) is 5.28. The lowest BCUT2D eigenvalue weighted by Crippen LogP contribution is -2.30. The number of aryl methyl sites for hydroxylation is 1. The van der Waals surface area contributed by atoms with E-state index >= 15 is 0 Å². The van der Waals surface area contributed by atoms with Gasteiger partial charge in [0.15, 0.2) is 0 Å². The van der Waals surface area contributed by atoms with E-state index < -0.39 is 22.7 Å². The zero-order valence-electron chi connectivity index (χ0n) is 17.1. The lowest BCUT2D eigenvalue weighted by molar-refractivity contribution is -0.385. The van der Waals surface area contributed by atoms with Crippen molar-refractivity contribution in [2.24, 2.45) is 0 Å². The second kappa shape index (κ2) is 8.43. The monoisotopic (exact) mass is 430 g/mol. The molecule has 0 aromatic heterocycles. The van der Waals surface area contributed by atoms with Gasteiger partial charge in [-0.3, -0.25) is 19.7 Å². The first-order valence-corrected chi connectivity index (χ1v) is 9.92. The number of para-hydroxylation sites is 2. The molecule has 8 nitrogen and oxygen atoms in total. The van der Waals surface area contributed by atoms with E-state index in [2.05, 4.69) is 0 Å². The van der Waals surface area contributed by atoms with Gasteiger partial charge >= 0.3 is 5.97 Å². The number of amides is 2. The van der Waals surface area contributed by atoms with Crippen LogP contribution in [0.4, 0.5) is 11.4 Å². The predicted molar refractivity (Wildman–Crippen MR) is 116 cm³/mol. The van der Waals surface area contributed by atoms with Crippen LogP contribution in [0.2, 0.25) is 0 Å². The number of anilines is 1. The third kappa shape index (κ3) is 3.62. The number of hydrogen-bond acceptors (Lipinski definition) is 6. The highest BCUT2D eigenvalue weighted by Gasteiger charge is 2.38. The van der Waals surface area contributed by atoms with Crippen LogP contribution in [0.5, 0.6) is 0 Å². The smallest absolute Gasteiger partial charge is 0.338 e. The number of benzene rings is 3. The number of esters is 1. The Morgan fingerprint density at radius 1 is 0.938 bits per heavy atom. The largest absolute Gasteiger partial charge is 0.457 e. The Bertz CT molecular complexity index is 1270. The van der Waals surface area contributed by atoms with Crippen LogP contribution >= 0.6 is 0 Å². The summed E-state index contributed by atoms with van der Waals surface area (Å²) in [6, 6.07) is 17.3. The molecule has 1 aliphatic heterocycles. The van der Waals surface area contributed by atoms with E-state index in [9.17, 15) is 24.5 Å². The number of rotatable bonds is 6.